The molecule has 1 aliphatic heterocycles. The van der Waals surface area contributed by atoms with Crippen LogP contribution in [-0.4, -0.2) is 57.2 Å². The van der Waals surface area contributed by atoms with E-state index in [1.807, 2.05) is 42.5 Å². The molecule has 1 atom stereocenters. The molecule has 8 heteroatoms. The van der Waals surface area contributed by atoms with Gasteiger partial charge in [0.25, 0.3) is 0 Å². The van der Waals surface area contributed by atoms with Crippen LogP contribution >= 0.6 is 24.0 Å². The molecule has 0 radical (unpaired) electrons. The van der Waals surface area contributed by atoms with E-state index in [0.29, 0.717) is 19.0 Å². The van der Waals surface area contributed by atoms with Crippen LogP contribution < -0.4 is 20.1 Å². The molecule has 0 aromatic heterocycles. The van der Waals surface area contributed by atoms with Gasteiger partial charge in [0.05, 0.1) is 26.7 Å². The molecule has 3 rings (SSSR count). The Kier molecular flexibility index (Phi) is 9.22. The van der Waals surface area contributed by atoms with Gasteiger partial charge in [-0.05, 0) is 29.3 Å². The summed E-state index contributed by atoms with van der Waals surface area (Å²) in [6.45, 7) is 1.26. The molecule has 0 spiro atoms. The molecule has 2 aromatic rings. The fraction of sp³-hybridized carbons (Fsp3) is 0.364. The van der Waals surface area contributed by atoms with Crippen LogP contribution in [0.25, 0.3) is 0 Å². The third-order valence-corrected chi connectivity index (χ3v) is 4.70. The average Bonchev–Trinajstić information content (AvgIpc) is 3.16. The summed E-state index contributed by atoms with van der Waals surface area (Å²) in [5, 5.41) is 6.41. The smallest absolute Gasteiger partial charge is 0.241 e. The van der Waals surface area contributed by atoms with Gasteiger partial charge in [0.2, 0.25) is 5.91 Å². The zero-order chi connectivity index (χ0) is 20.6. The molecular formula is C22H29IN4O3. The van der Waals surface area contributed by atoms with Crippen molar-refractivity contribution in [1.82, 2.24) is 15.5 Å². The van der Waals surface area contributed by atoms with Crippen molar-refractivity contribution in [2.45, 2.75) is 19.1 Å². The standard InChI is InChI=1S/C22H28N4O3.HI/c1-26(2)21(27)15-25-22(23-13-16-8-10-18(28-3)11-9-16)24-14-19-12-17-6-4-5-7-20(17)29-19;/h4-11,19H,12-15H2,1-3H3,(H2,23,24,25);1H. The number of hydrogen-bond donors (Lipinski definition) is 2. The Morgan fingerprint density at radius 3 is 2.57 bits per heavy atom. The van der Waals surface area contributed by atoms with Crippen LogP contribution in [0.15, 0.2) is 53.5 Å². The molecule has 0 bridgehead atoms. The Morgan fingerprint density at radius 2 is 1.90 bits per heavy atom. The number of likely N-dealkylation sites (N-methyl/N-ethyl adjacent to an activating group) is 1. The van der Waals surface area contributed by atoms with Crippen molar-refractivity contribution < 1.29 is 14.3 Å². The van der Waals surface area contributed by atoms with Crippen LogP contribution in [0.3, 0.4) is 0 Å². The lowest BCUT2D eigenvalue weighted by Gasteiger charge is -2.17. The summed E-state index contributed by atoms with van der Waals surface area (Å²) in [5.41, 5.74) is 2.27. The summed E-state index contributed by atoms with van der Waals surface area (Å²) in [6, 6.07) is 15.8. The molecule has 2 N–H and O–H groups in total. The number of benzene rings is 2. The number of carbonyl (C=O) groups excluding carboxylic acids is 1. The molecule has 1 heterocycles. The van der Waals surface area contributed by atoms with Crippen LogP contribution in [0.5, 0.6) is 11.5 Å². The number of para-hydroxylation sites is 1. The number of aliphatic imine (C=N–C) groups is 1. The van der Waals surface area contributed by atoms with Crippen molar-refractivity contribution in [2.75, 3.05) is 34.3 Å². The summed E-state index contributed by atoms with van der Waals surface area (Å²) in [5.74, 6) is 2.31. The molecule has 0 saturated heterocycles. The summed E-state index contributed by atoms with van der Waals surface area (Å²) in [4.78, 5) is 18.1. The van der Waals surface area contributed by atoms with Gasteiger partial charge in [-0.3, -0.25) is 4.79 Å². The normalized spacial score (nSPS) is 14.8. The van der Waals surface area contributed by atoms with E-state index in [1.165, 1.54) is 5.56 Å². The predicted molar refractivity (Wildman–Crippen MR) is 129 cm³/mol. The van der Waals surface area contributed by atoms with Crippen LogP contribution in [-0.2, 0) is 17.8 Å². The first-order valence-corrected chi connectivity index (χ1v) is 9.65. The molecule has 0 saturated carbocycles. The summed E-state index contributed by atoms with van der Waals surface area (Å²) in [6.07, 6.45) is 0.885. The SMILES string of the molecule is COc1ccc(CN=C(NCC(=O)N(C)C)NCC2Cc3ccccc3O2)cc1.I. The van der Waals surface area contributed by atoms with Gasteiger partial charge in [0.15, 0.2) is 5.96 Å². The van der Waals surface area contributed by atoms with E-state index in [9.17, 15) is 4.79 Å². The Bertz CT molecular complexity index is 831. The van der Waals surface area contributed by atoms with Gasteiger partial charge in [0, 0.05) is 20.5 Å². The second-order valence-corrected chi connectivity index (χ2v) is 7.09. The fourth-order valence-electron chi connectivity index (χ4n) is 2.97. The highest BCUT2D eigenvalue weighted by Gasteiger charge is 2.22. The van der Waals surface area contributed by atoms with E-state index in [2.05, 4.69) is 21.7 Å². The summed E-state index contributed by atoms with van der Waals surface area (Å²) in [7, 11) is 5.11. The molecule has 2 aromatic carbocycles. The van der Waals surface area contributed by atoms with Crippen LogP contribution in [0, 0.1) is 0 Å². The van der Waals surface area contributed by atoms with Crippen molar-refractivity contribution in [1.29, 1.82) is 0 Å². The first kappa shape index (κ1) is 23.8. The number of rotatable bonds is 7. The van der Waals surface area contributed by atoms with E-state index in [4.69, 9.17) is 9.47 Å². The van der Waals surface area contributed by atoms with Gasteiger partial charge in [-0.25, -0.2) is 4.99 Å². The topological polar surface area (TPSA) is 75.2 Å². The van der Waals surface area contributed by atoms with Crippen molar-refractivity contribution in [3.63, 3.8) is 0 Å². The maximum absolute atomic E-state index is 11.9. The quantitative estimate of drug-likeness (QED) is 0.331. The van der Waals surface area contributed by atoms with Gasteiger partial charge in [-0.1, -0.05) is 30.3 Å². The molecular weight excluding hydrogens is 495 g/mol. The highest BCUT2D eigenvalue weighted by Crippen LogP contribution is 2.27. The van der Waals surface area contributed by atoms with Gasteiger partial charge >= 0.3 is 0 Å². The van der Waals surface area contributed by atoms with Crippen LogP contribution in [0.2, 0.25) is 0 Å². The lowest BCUT2D eigenvalue weighted by atomic mass is 10.1. The molecule has 1 amide bonds. The highest BCUT2D eigenvalue weighted by molar-refractivity contribution is 14.0. The fourth-order valence-corrected chi connectivity index (χ4v) is 2.97. The van der Waals surface area contributed by atoms with Gasteiger partial charge in [-0.15, -0.1) is 24.0 Å². The number of nitrogens with zero attached hydrogens (tertiary/aromatic N) is 2. The van der Waals surface area contributed by atoms with E-state index in [1.54, 1.807) is 26.1 Å². The zero-order valence-electron chi connectivity index (χ0n) is 17.6. The monoisotopic (exact) mass is 524 g/mol. The highest BCUT2D eigenvalue weighted by atomic mass is 127. The first-order chi connectivity index (χ1) is 14.0. The maximum atomic E-state index is 11.9. The Hall–Kier alpha value is -2.49. The van der Waals surface area contributed by atoms with Gasteiger partial charge in [-0.2, -0.15) is 0 Å². The Balaban J connectivity index is 0.00000320. The van der Waals surface area contributed by atoms with Crippen molar-refractivity contribution >= 4 is 35.8 Å². The second kappa shape index (κ2) is 11.6. The van der Waals surface area contributed by atoms with Gasteiger partial charge < -0.3 is 25.0 Å². The van der Waals surface area contributed by atoms with Gasteiger partial charge in [0.1, 0.15) is 17.6 Å². The molecule has 7 nitrogen and oxygen atoms in total. The minimum atomic E-state index is -0.0199. The van der Waals surface area contributed by atoms with Crippen molar-refractivity contribution in [2.24, 2.45) is 4.99 Å². The van der Waals surface area contributed by atoms with E-state index < -0.39 is 0 Å². The number of ether oxygens (including phenoxy) is 2. The maximum Gasteiger partial charge on any atom is 0.241 e. The summed E-state index contributed by atoms with van der Waals surface area (Å²) < 4.78 is 11.2. The lowest BCUT2D eigenvalue weighted by Crippen LogP contribution is -2.45. The molecule has 162 valence electrons. The minimum Gasteiger partial charge on any atom is -0.497 e. The van der Waals surface area contributed by atoms with Crippen molar-refractivity contribution in [3.05, 3.63) is 59.7 Å². The number of amides is 1. The molecule has 0 aliphatic carbocycles. The predicted octanol–water partition coefficient (Wildman–Crippen LogP) is 2.44. The summed E-state index contributed by atoms with van der Waals surface area (Å²) >= 11 is 0. The van der Waals surface area contributed by atoms with E-state index in [-0.39, 0.29) is 42.5 Å². The first-order valence-electron chi connectivity index (χ1n) is 9.65. The number of hydrogen-bond acceptors (Lipinski definition) is 4. The van der Waals surface area contributed by atoms with Crippen LogP contribution in [0.1, 0.15) is 11.1 Å². The molecule has 1 unspecified atom stereocenters. The minimum absolute atomic E-state index is 0. The lowest BCUT2D eigenvalue weighted by molar-refractivity contribution is -0.127. The number of nitrogens with one attached hydrogen (secondary N) is 2. The Labute approximate surface area is 194 Å². The number of carbonyl (C=O) groups is 1. The van der Waals surface area contributed by atoms with E-state index in [0.717, 1.165) is 23.5 Å². The van der Waals surface area contributed by atoms with E-state index >= 15 is 0 Å². The molecule has 1 aliphatic rings. The van der Waals surface area contributed by atoms with Crippen molar-refractivity contribution in [3.8, 4) is 11.5 Å². The van der Waals surface area contributed by atoms with Crippen LogP contribution in [0.4, 0.5) is 0 Å². The number of fused-ring (bicyclic) bond motifs is 1. The average molecular weight is 524 g/mol. The zero-order valence-corrected chi connectivity index (χ0v) is 19.9. The molecule has 0 fully saturated rings. The number of guanidine groups is 1. The number of methoxy groups -OCH3 is 1. The largest absolute Gasteiger partial charge is 0.497 e. The number of halogens is 1. The molecule has 30 heavy (non-hydrogen) atoms. The second-order valence-electron chi connectivity index (χ2n) is 7.09. The third-order valence-electron chi connectivity index (χ3n) is 4.70. The Morgan fingerprint density at radius 1 is 1.17 bits per heavy atom. The third kappa shape index (κ3) is 6.79.